The highest BCUT2D eigenvalue weighted by molar-refractivity contribution is 5.90. The number of fused-ring (bicyclic) bond motifs is 1. The Balaban J connectivity index is 1.66. The Morgan fingerprint density at radius 1 is 1.11 bits per heavy atom. The summed E-state index contributed by atoms with van der Waals surface area (Å²) in [5.74, 6) is 1.21. The molecule has 100 valence electrons. The SMILES string of the molecule is COC(=O)C1(NC(=O)C2C3CCCC32)CCCC1. The number of rotatable bonds is 3. The summed E-state index contributed by atoms with van der Waals surface area (Å²) < 4.78 is 4.88. The van der Waals surface area contributed by atoms with Crippen LogP contribution in [0.3, 0.4) is 0 Å². The van der Waals surface area contributed by atoms with E-state index in [1.54, 1.807) is 0 Å². The van der Waals surface area contributed by atoms with Crippen molar-refractivity contribution in [2.75, 3.05) is 7.11 Å². The van der Waals surface area contributed by atoms with E-state index < -0.39 is 5.54 Å². The van der Waals surface area contributed by atoms with Crippen LogP contribution in [-0.2, 0) is 14.3 Å². The predicted octanol–water partition coefficient (Wildman–Crippen LogP) is 1.63. The van der Waals surface area contributed by atoms with Crippen molar-refractivity contribution < 1.29 is 14.3 Å². The Hall–Kier alpha value is -1.06. The molecule has 18 heavy (non-hydrogen) atoms. The van der Waals surface area contributed by atoms with Gasteiger partial charge in [-0.15, -0.1) is 0 Å². The smallest absolute Gasteiger partial charge is 0.331 e. The third kappa shape index (κ3) is 1.73. The van der Waals surface area contributed by atoms with Crippen LogP contribution in [0.1, 0.15) is 44.9 Å². The number of hydrogen-bond acceptors (Lipinski definition) is 3. The van der Waals surface area contributed by atoms with Crippen molar-refractivity contribution in [3.8, 4) is 0 Å². The number of carbonyl (C=O) groups excluding carboxylic acids is 2. The van der Waals surface area contributed by atoms with Gasteiger partial charge in [-0.1, -0.05) is 19.3 Å². The zero-order valence-electron chi connectivity index (χ0n) is 10.9. The molecule has 0 aliphatic heterocycles. The number of nitrogens with one attached hydrogen (secondary N) is 1. The van der Waals surface area contributed by atoms with E-state index in [1.165, 1.54) is 26.4 Å². The molecule has 0 saturated heterocycles. The maximum atomic E-state index is 12.3. The van der Waals surface area contributed by atoms with Crippen molar-refractivity contribution in [1.29, 1.82) is 0 Å². The average molecular weight is 251 g/mol. The summed E-state index contributed by atoms with van der Waals surface area (Å²) >= 11 is 0. The highest BCUT2D eigenvalue weighted by Gasteiger charge is 2.58. The molecule has 2 atom stereocenters. The quantitative estimate of drug-likeness (QED) is 0.776. The first-order chi connectivity index (χ1) is 8.68. The first-order valence-electron chi connectivity index (χ1n) is 7.08. The van der Waals surface area contributed by atoms with Crippen LogP contribution in [-0.4, -0.2) is 24.5 Å². The molecule has 3 fully saturated rings. The van der Waals surface area contributed by atoms with Gasteiger partial charge in [0.2, 0.25) is 5.91 Å². The van der Waals surface area contributed by atoms with Gasteiger partial charge in [-0.3, -0.25) is 4.79 Å². The molecule has 0 heterocycles. The predicted molar refractivity (Wildman–Crippen MR) is 65.7 cm³/mol. The van der Waals surface area contributed by atoms with E-state index in [0.717, 1.165) is 25.7 Å². The van der Waals surface area contributed by atoms with E-state index in [-0.39, 0.29) is 17.8 Å². The number of methoxy groups -OCH3 is 1. The first-order valence-corrected chi connectivity index (χ1v) is 7.08. The Morgan fingerprint density at radius 2 is 1.72 bits per heavy atom. The number of ether oxygens (including phenoxy) is 1. The fourth-order valence-electron chi connectivity index (χ4n) is 4.08. The fourth-order valence-corrected chi connectivity index (χ4v) is 4.08. The van der Waals surface area contributed by atoms with E-state index in [2.05, 4.69) is 5.32 Å². The first kappa shape index (κ1) is 12.0. The van der Waals surface area contributed by atoms with Crippen LogP contribution in [0.2, 0.25) is 0 Å². The van der Waals surface area contributed by atoms with Gasteiger partial charge < -0.3 is 10.1 Å². The van der Waals surface area contributed by atoms with Crippen molar-refractivity contribution in [1.82, 2.24) is 5.32 Å². The van der Waals surface area contributed by atoms with Crippen molar-refractivity contribution in [3.63, 3.8) is 0 Å². The molecule has 3 saturated carbocycles. The molecule has 0 spiro atoms. The highest BCUT2D eigenvalue weighted by Crippen LogP contribution is 2.57. The maximum absolute atomic E-state index is 12.3. The largest absolute Gasteiger partial charge is 0.467 e. The molecular formula is C14H21NO3. The van der Waals surface area contributed by atoms with Crippen LogP contribution in [0.25, 0.3) is 0 Å². The minimum absolute atomic E-state index is 0.0944. The van der Waals surface area contributed by atoms with Crippen molar-refractivity contribution >= 4 is 11.9 Å². The van der Waals surface area contributed by atoms with Crippen LogP contribution in [0.15, 0.2) is 0 Å². The highest BCUT2D eigenvalue weighted by atomic mass is 16.5. The molecule has 3 rings (SSSR count). The van der Waals surface area contributed by atoms with E-state index in [4.69, 9.17) is 4.74 Å². The van der Waals surface area contributed by atoms with Crippen LogP contribution < -0.4 is 5.32 Å². The Bertz CT molecular complexity index is 363. The normalized spacial score (nSPS) is 35.9. The molecule has 0 aromatic heterocycles. The lowest BCUT2D eigenvalue weighted by Crippen LogP contribution is -2.53. The zero-order chi connectivity index (χ0) is 12.8. The molecule has 3 aliphatic rings. The summed E-state index contributed by atoms with van der Waals surface area (Å²) in [6, 6.07) is 0. The van der Waals surface area contributed by atoms with Gasteiger partial charge in [0.15, 0.2) is 0 Å². The van der Waals surface area contributed by atoms with Gasteiger partial charge in [0.1, 0.15) is 5.54 Å². The summed E-state index contributed by atoms with van der Waals surface area (Å²) in [5, 5.41) is 3.02. The van der Waals surface area contributed by atoms with Gasteiger partial charge in [-0.2, -0.15) is 0 Å². The van der Waals surface area contributed by atoms with Crippen LogP contribution in [0, 0.1) is 17.8 Å². The average Bonchev–Trinajstić information content (AvgIpc) is 2.76. The molecule has 3 aliphatic carbocycles. The number of amides is 1. The van der Waals surface area contributed by atoms with Gasteiger partial charge in [0.25, 0.3) is 0 Å². The third-order valence-corrected chi connectivity index (χ3v) is 5.10. The second kappa shape index (κ2) is 4.25. The molecule has 0 aromatic carbocycles. The monoisotopic (exact) mass is 251 g/mol. The number of esters is 1. The van der Waals surface area contributed by atoms with E-state index in [1.807, 2.05) is 0 Å². The zero-order valence-corrected chi connectivity index (χ0v) is 10.9. The lowest BCUT2D eigenvalue weighted by molar-refractivity contribution is -0.151. The minimum Gasteiger partial charge on any atom is -0.467 e. The summed E-state index contributed by atoms with van der Waals surface area (Å²) in [6.45, 7) is 0. The van der Waals surface area contributed by atoms with Gasteiger partial charge in [0.05, 0.1) is 7.11 Å². The summed E-state index contributed by atoms with van der Waals surface area (Å²) in [7, 11) is 1.40. The number of carbonyl (C=O) groups is 2. The second-order valence-electron chi connectivity index (χ2n) is 6.05. The van der Waals surface area contributed by atoms with Crippen molar-refractivity contribution in [3.05, 3.63) is 0 Å². The summed E-state index contributed by atoms with van der Waals surface area (Å²) in [6.07, 6.45) is 7.09. The molecule has 1 N–H and O–H groups in total. The van der Waals surface area contributed by atoms with Crippen LogP contribution in [0.5, 0.6) is 0 Å². The van der Waals surface area contributed by atoms with Gasteiger partial charge in [0, 0.05) is 5.92 Å². The number of hydrogen-bond donors (Lipinski definition) is 1. The lowest BCUT2D eigenvalue weighted by atomic mass is 9.97. The molecule has 2 unspecified atom stereocenters. The summed E-state index contributed by atoms with van der Waals surface area (Å²) in [5.41, 5.74) is -0.720. The van der Waals surface area contributed by atoms with E-state index >= 15 is 0 Å². The van der Waals surface area contributed by atoms with Crippen LogP contribution >= 0.6 is 0 Å². The molecule has 4 heteroatoms. The lowest BCUT2D eigenvalue weighted by Gasteiger charge is -2.27. The van der Waals surface area contributed by atoms with Gasteiger partial charge in [-0.05, 0) is 37.5 Å². The van der Waals surface area contributed by atoms with Crippen molar-refractivity contribution in [2.24, 2.45) is 17.8 Å². The molecular weight excluding hydrogens is 230 g/mol. The van der Waals surface area contributed by atoms with E-state index in [0.29, 0.717) is 11.8 Å². The standard InChI is InChI=1S/C14H21NO3/c1-18-13(17)14(7-2-3-8-14)15-12(16)11-9-5-4-6-10(9)11/h9-11H,2-8H2,1H3,(H,15,16). The molecule has 0 radical (unpaired) electrons. The Morgan fingerprint density at radius 3 is 2.28 bits per heavy atom. The second-order valence-corrected chi connectivity index (χ2v) is 6.05. The Labute approximate surface area is 107 Å². The molecule has 1 amide bonds. The molecule has 0 aromatic rings. The van der Waals surface area contributed by atoms with Gasteiger partial charge in [-0.25, -0.2) is 4.79 Å². The Kier molecular flexibility index (Phi) is 2.83. The van der Waals surface area contributed by atoms with Gasteiger partial charge >= 0.3 is 5.97 Å². The third-order valence-electron chi connectivity index (χ3n) is 5.10. The van der Waals surface area contributed by atoms with Crippen molar-refractivity contribution in [2.45, 2.75) is 50.5 Å². The molecule has 0 bridgehead atoms. The maximum Gasteiger partial charge on any atom is 0.331 e. The summed E-state index contributed by atoms with van der Waals surface area (Å²) in [4.78, 5) is 24.2. The fraction of sp³-hybridized carbons (Fsp3) is 0.857. The van der Waals surface area contributed by atoms with E-state index in [9.17, 15) is 9.59 Å². The topological polar surface area (TPSA) is 55.4 Å². The van der Waals surface area contributed by atoms with Crippen LogP contribution in [0.4, 0.5) is 0 Å². The minimum atomic E-state index is -0.720. The molecule has 4 nitrogen and oxygen atoms in total.